The molecule has 2 aromatic heterocycles. The Kier molecular flexibility index (Phi) is 5.08. The van der Waals surface area contributed by atoms with Crippen molar-refractivity contribution in [2.24, 2.45) is 5.10 Å². The number of benzene rings is 1. The van der Waals surface area contributed by atoms with Gasteiger partial charge in [-0.05, 0) is 38.1 Å². The van der Waals surface area contributed by atoms with E-state index in [-0.39, 0.29) is 17.8 Å². The van der Waals surface area contributed by atoms with Crippen molar-refractivity contribution >= 4 is 23.4 Å². The maximum absolute atomic E-state index is 13.1. The lowest BCUT2D eigenvalue weighted by Crippen LogP contribution is -2.47. The second-order valence-corrected chi connectivity index (χ2v) is 6.98. The number of aromatic nitrogens is 2. The molecule has 0 saturated carbocycles. The van der Waals surface area contributed by atoms with Crippen LogP contribution in [0.25, 0.3) is 5.65 Å². The summed E-state index contributed by atoms with van der Waals surface area (Å²) in [6.45, 7) is 5.40. The molecule has 3 aromatic rings. The number of anilines is 2. The lowest BCUT2D eigenvalue weighted by Gasteiger charge is -2.36. The summed E-state index contributed by atoms with van der Waals surface area (Å²) >= 11 is 0. The number of hydrogen-bond donors (Lipinski definition) is 1. The van der Waals surface area contributed by atoms with Crippen LogP contribution in [-0.4, -0.2) is 40.9 Å². The van der Waals surface area contributed by atoms with E-state index in [2.05, 4.69) is 15.4 Å². The Morgan fingerprint density at radius 1 is 1.11 bits per heavy atom. The van der Waals surface area contributed by atoms with Gasteiger partial charge >= 0.3 is 0 Å². The summed E-state index contributed by atoms with van der Waals surface area (Å²) in [5.41, 5.74) is 4.73. The van der Waals surface area contributed by atoms with Crippen molar-refractivity contribution in [1.82, 2.24) is 9.38 Å². The van der Waals surface area contributed by atoms with Crippen molar-refractivity contribution in [3.05, 3.63) is 70.6 Å². The highest BCUT2D eigenvalue weighted by molar-refractivity contribution is 5.87. The Hall–Kier alpha value is -3.19. The van der Waals surface area contributed by atoms with E-state index in [1.54, 1.807) is 16.8 Å². The fourth-order valence-electron chi connectivity index (χ4n) is 3.48. The molecule has 0 bridgehead atoms. The molecule has 1 aromatic carbocycles. The summed E-state index contributed by atoms with van der Waals surface area (Å²) < 4.78 is 7.38. The highest BCUT2D eigenvalue weighted by Crippen LogP contribution is 2.21. The van der Waals surface area contributed by atoms with E-state index in [9.17, 15) is 4.79 Å². The van der Waals surface area contributed by atoms with E-state index >= 15 is 0 Å². The highest BCUT2D eigenvalue weighted by atomic mass is 16.5. The zero-order valence-electron chi connectivity index (χ0n) is 15.9. The molecule has 0 spiro atoms. The predicted molar refractivity (Wildman–Crippen MR) is 111 cm³/mol. The van der Waals surface area contributed by atoms with Gasteiger partial charge in [-0.1, -0.05) is 24.3 Å². The molecule has 0 amide bonds. The molecule has 0 unspecified atom stereocenters. The first-order valence-corrected chi connectivity index (χ1v) is 9.38. The summed E-state index contributed by atoms with van der Waals surface area (Å²) in [6, 6.07) is 15.1. The van der Waals surface area contributed by atoms with Crippen LogP contribution < -0.4 is 15.9 Å². The average molecular weight is 377 g/mol. The first-order valence-electron chi connectivity index (χ1n) is 9.38. The van der Waals surface area contributed by atoms with Crippen molar-refractivity contribution in [2.75, 3.05) is 23.4 Å². The maximum atomic E-state index is 13.1. The molecule has 7 heteroatoms. The number of ether oxygens (including phenoxy) is 1. The van der Waals surface area contributed by atoms with Crippen LogP contribution in [0.3, 0.4) is 0 Å². The molecule has 144 valence electrons. The fourth-order valence-corrected chi connectivity index (χ4v) is 3.48. The minimum Gasteiger partial charge on any atom is -0.372 e. The Labute approximate surface area is 163 Å². The molecule has 1 saturated heterocycles. The summed E-state index contributed by atoms with van der Waals surface area (Å²) in [5.74, 6) is 0.636. The van der Waals surface area contributed by atoms with Gasteiger partial charge in [0.1, 0.15) is 17.0 Å². The number of fused-ring (bicyclic) bond motifs is 1. The second-order valence-electron chi connectivity index (χ2n) is 6.98. The molecule has 4 rings (SSSR count). The largest absolute Gasteiger partial charge is 0.372 e. The van der Waals surface area contributed by atoms with Gasteiger partial charge in [-0.2, -0.15) is 5.10 Å². The van der Waals surface area contributed by atoms with Gasteiger partial charge in [0.15, 0.2) is 0 Å². The highest BCUT2D eigenvalue weighted by Gasteiger charge is 2.26. The Bertz CT molecular complexity index is 1040. The van der Waals surface area contributed by atoms with Crippen molar-refractivity contribution in [3.63, 3.8) is 0 Å². The molecule has 1 fully saturated rings. The molecule has 3 heterocycles. The van der Waals surface area contributed by atoms with Crippen LogP contribution in [0.4, 0.5) is 11.5 Å². The van der Waals surface area contributed by atoms with Crippen molar-refractivity contribution < 1.29 is 4.74 Å². The first-order chi connectivity index (χ1) is 13.6. The van der Waals surface area contributed by atoms with Gasteiger partial charge in [-0.3, -0.25) is 14.6 Å². The minimum absolute atomic E-state index is 0.0620. The van der Waals surface area contributed by atoms with Crippen LogP contribution >= 0.6 is 0 Å². The van der Waals surface area contributed by atoms with Gasteiger partial charge in [0.2, 0.25) is 0 Å². The average Bonchev–Trinajstić information content (AvgIpc) is 2.69. The Morgan fingerprint density at radius 2 is 1.82 bits per heavy atom. The predicted octanol–water partition coefficient (Wildman–Crippen LogP) is 2.75. The molecule has 2 atom stereocenters. The Balaban J connectivity index is 1.76. The fraction of sp³-hybridized carbons (Fsp3) is 0.286. The van der Waals surface area contributed by atoms with Gasteiger partial charge in [0.05, 0.1) is 24.1 Å². The smallest absolute Gasteiger partial charge is 0.268 e. The van der Waals surface area contributed by atoms with E-state index < -0.39 is 0 Å². The molecular weight excluding hydrogens is 354 g/mol. The lowest BCUT2D eigenvalue weighted by atomic mass is 10.2. The number of para-hydroxylation sites is 1. The second kappa shape index (κ2) is 7.82. The zero-order chi connectivity index (χ0) is 19.5. The number of rotatable bonds is 4. The van der Waals surface area contributed by atoms with Gasteiger partial charge in [-0.15, -0.1) is 0 Å². The monoisotopic (exact) mass is 377 g/mol. The van der Waals surface area contributed by atoms with Crippen LogP contribution in [0, 0.1) is 0 Å². The van der Waals surface area contributed by atoms with E-state index in [0.29, 0.717) is 30.1 Å². The third-order valence-corrected chi connectivity index (χ3v) is 4.63. The summed E-state index contributed by atoms with van der Waals surface area (Å²) in [7, 11) is 0. The molecule has 7 nitrogen and oxygen atoms in total. The van der Waals surface area contributed by atoms with Crippen LogP contribution in [0.1, 0.15) is 19.4 Å². The van der Waals surface area contributed by atoms with Gasteiger partial charge in [-0.25, -0.2) is 4.98 Å². The maximum Gasteiger partial charge on any atom is 0.268 e. The number of morpholine rings is 1. The van der Waals surface area contributed by atoms with Crippen molar-refractivity contribution in [1.29, 1.82) is 0 Å². The van der Waals surface area contributed by atoms with Gasteiger partial charge < -0.3 is 9.64 Å². The normalized spacial score (nSPS) is 20.0. The van der Waals surface area contributed by atoms with E-state index in [1.165, 1.54) is 0 Å². The topological polar surface area (TPSA) is 71.2 Å². The summed E-state index contributed by atoms with van der Waals surface area (Å²) in [5, 5.41) is 4.29. The zero-order valence-corrected chi connectivity index (χ0v) is 15.9. The number of hydrazone groups is 1. The third-order valence-electron chi connectivity index (χ3n) is 4.63. The third kappa shape index (κ3) is 3.75. The molecule has 0 aliphatic carbocycles. The molecule has 0 radical (unpaired) electrons. The standard InChI is InChI=1S/C21H23N5O2/c1-15-13-25(14-16(2)28-15)20-18(12-22-24-17-8-4-3-5-9-17)21(27)26-11-7-6-10-19(26)23-20/h3-12,15-16,24H,13-14H2,1-2H3/b22-12-/t15-,16-/m0/s1. The molecule has 1 aliphatic heterocycles. The van der Waals surface area contributed by atoms with Crippen molar-refractivity contribution in [3.8, 4) is 0 Å². The SMILES string of the molecule is C[C@H]1CN(c2nc3ccccn3c(=O)c2/C=N\Nc2ccccc2)C[C@H](C)O1. The number of hydrogen-bond acceptors (Lipinski definition) is 6. The molecule has 1 N–H and O–H groups in total. The molecule has 1 aliphatic rings. The van der Waals surface area contributed by atoms with Crippen LogP contribution in [0.15, 0.2) is 64.6 Å². The first kappa shape index (κ1) is 18.2. The van der Waals surface area contributed by atoms with Crippen molar-refractivity contribution in [2.45, 2.75) is 26.1 Å². The van der Waals surface area contributed by atoms with Gasteiger partial charge in [0.25, 0.3) is 5.56 Å². The lowest BCUT2D eigenvalue weighted by molar-refractivity contribution is -0.00546. The number of nitrogens with one attached hydrogen (secondary N) is 1. The van der Waals surface area contributed by atoms with E-state index in [1.807, 2.05) is 62.4 Å². The van der Waals surface area contributed by atoms with E-state index in [4.69, 9.17) is 9.72 Å². The minimum atomic E-state index is -0.147. The van der Waals surface area contributed by atoms with Gasteiger partial charge in [0, 0.05) is 19.3 Å². The number of pyridine rings is 1. The number of nitrogens with zero attached hydrogens (tertiary/aromatic N) is 4. The van der Waals surface area contributed by atoms with Crippen LogP contribution in [0.5, 0.6) is 0 Å². The van der Waals surface area contributed by atoms with E-state index in [0.717, 1.165) is 5.69 Å². The van der Waals surface area contributed by atoms with Crippen LogP contribution in [-0.2, 0) is 4.74 Å². The summed E-state index contributed by atoms with van der Waals surface area (Å²) in [6.07, 6.45) is 3.40. The summed E-state index contributed by atoms with van der Waals surface area (Å²) in [4.78, 5) is 20.0. The molecular formula is C21H23N5O2. The molecule has 28 heavy (non-hydrogen) atoms. The Morgan fingerprint density at radius 3 is 2.57 bits per heavy atom. The van der Waals surface area contributed by atoms with Crippen LogP contribution in [0.2, 0.25) is 0 Å². The quantitative estimate of drug-likeness (QED) is 0.559.